The first-order chi connectivity index (χ1) is 11.4. The van der Waals surface area contributed by atoms with Gasteiger partial charge < -0.3 is 10.1 Å². The number of nitrogens with zero attached hydrogens (tertiary/aromatic N) is 1. The Morgan fingerprint density at radius 1 is 1.33 bits per heavy atom. The molecule has 0 bridgehead atoms. The molecule has 7 heteroatoms. The third kappa shape index (κ3) is 4.61. The van der Waals surface area contributed by atoms with Crippen LogP contribution in [-0.4, -0.2) is 35.8 Å². The SMILES string of the molecule is COC(=O)[C@@H](NC(=O)CSc1ccnc2cc(Cl)ccc12)C(C)C. The first-order valence-electron chi connectivity index (χ1n) is 7.46. The number of carbonyl (C=O) groups excluding carboxylic acids is 2. The van der Waals surface area contributed by atoms with Gasteiger partial charge >= 0.3 is 5.97 Å². The lowest BCUT2D eigenvalue weighted by molar-refractivity contribution is -0.146. The molecule has 0 unspecified atom stereocenters. The van der Waals surface area contributed by atoms with E-state index in [4.69, 9.17) is 16.3 Å². The highest BCUT2D eigenvalue weighted by molar-refractivity contribution is 8.00. The van der Waals surface area contributed by atoms with E-state index < -0.39 is 12.0 Å². The van der Waals surface area contributed by atoms with Crippen LogP contribution < -0.4 is 5.32 Å². The quantitative estimate of drug-likeness (QED) is 0.627. The van der Waals surface area contributed by atoms with Gasteiger partial charge in [-0.3, -0.25) is 9.78 Å². The lowest BCUT2D eigenvalue weighted by Gasteiger charge is -2.19. The van der Waals surface area contributed by atoms with Crippen molar-refractivity contribution in [1.29, 1.82) is 0 Å². The van der Waals surface area contributed by atoms with Crippen molar-refractivity contribution in [2.75, 3.05) is 12.9 Å². The fraction of sp³-hybridized carbons (Fsp3) is 0.353. The number of rotatable bonds is 6. The van der Waals surface area contributed by atoms with Crippen LogP contribution in [0.1, 0.15) is 13.8 Å². The number of benzene rings is 1. The maximum Gasteiger partial charge on any atom is 0.328 e. The summed E-state index contributed by atoms with van der Waals surface area (Å²) >= 11 is 7.36. The van der Waals surface area contributed by atoms with Crippen molar-refractivity contribution in [1.82, 2.24) is 10.3 Å². The number of halogens is 1. The number of carbonyl (C=O) groups is 2. The van der Waals surface area contributed by atoms with E-state index in [1.54, 1.807) is 18.3 Å². The van der Waals surface area contributed by atoms with Crippen LogP contribution in [0.5, 0.6) is 0 Å². The monoisotopic (exact) mass is 366 g/mol. The summed E-state index contributed by atoms with van der Waals surface area (Å²) in [6.07, 6.45) is 1.68. The average molecular weight is 367 g/mol. The van der Waals surface area contributed by atoms with Crippen molar-refractivity contribution in [3.8, 4) is 0 Å². The van der Waals surface area contributed by atoms with Crippen molar-refractivity contribution in [2.24, 2.45) is 5.92 Å². The second-order valence-corrected chi connectivity index (χ2v) is 7.03. The van der Waals surface area contributed by atoms with E-state index in [0.717, 1.165) is 15.8 Å². The highest BCUT2D eigenvalue weighted by atomic mass is 35.5. The summed E-state index contributed by atoms with van der Waals surface area (Å²) in [5.41, 5.74) is 0.780. The number of pyridine rings is 1. The topological polar surface area (TPSA) is 68.3 Å². The number of fused-ring (bicyclic) bond motifs is 1. The largest absolute Gasteiger partial charge is 0.467 e. The van der Waals surface area contributed by atoms with Crippen molar-refractivity contribution in [3.63, 3.8) is 0 Å². The molecular formula is C17H19ClN2O3S. The molecule has 0 fully saturated rings. The van der Waals surface area contributed by atoms with Gasteiger partial charge in [0.05, 0.1) is 18.4 Å². The lowest BCUT2D eigenvalue weighted by atomic mass is 10.1. The molecule has 1 aromatic heterocycles. The van der Waals surface area contributed by atoms with Crippen molar-refractivity contribution in [2.45, 2.75) is 24.8 Å². The average Bonchev–Trinajstić information content (AvgIpc) is 2.56. The molecule has 24 heavy (non-hydrogen) atoms. The van der Waals surface area contributed by atoms with Crippen LogP contribution in [0, 0.1) is 5.92 Å². The highest BCUT2D eigenvalue weighted by Crippen LogP contribution is 2.28. The molecule has 0 aliphatic heterocycles. The summed E-state index contributed by atoms with van der Waals surface area (Å²) in [6.45, 7) is 3.71. The number of aromatic nitrogens is 1. The molecule has 0 aliphatic carbocycles. The zero-order valence-corrected chi connectivity index (χ0v) is 15.3. The van der Waals surface area contributed by atoms with E-state index in [0.29, 0.717) is 5.02 Å². The summed E-state index contributed by atoms with van der Waals surface area (Å²) in [5.74, 6) is -0.507. The Morgan fingerprint density at radius 3 is 2.75 bits per heavy atom. The Hall–Kier alpha value is -1.79. The van der Waals surface area contributed by atoms with Gasteiger partial charge in [0, 0.05) is 21.5 Å². The summed E-state index contributed by atoms with van der Waals surface area (Å²) in [7, 11) is 1.31. The Kier molecular flexibility index (Phi) is 6.45. The van der Waals surface area contributed by atoms with E-state index in [1.165, 1.54) is 18.9 Å². The molecule has 0 spiro atoms. The smallest absolute Gasteiger partial charge is 0.328 e. The molecule has 1 heterocycles. The van der Waals surface area contributed by atoms with Crippen LogP contribution in [0.4, 0.5) is 0 Å². The van der Waals surface area contributed by atoms with Gasteiger partial charge in [-0.15, -0.1) is 11.8 Å². The molecule has 0 aliphatic rings. The molecule has 5 nitrogen and oxygen atoms in total. The molecule has 128 valence electrons. The molecule has 2 rings (SSSR count). The van der Waals surface area contributed by atoms with Crippen molar-refractivity contribution in [3.05, 3.63) is 35.5 Å². The van der Waals surface area contributed by atoms with E-state index in [1.807, 2.05) is 26.0 Å². The molecule has 0 saturated carbocycles. The number of esters is 1. The Morgan fingerprint density at radius 2 is 2.08 bits per heavy atom. The Labute approximate surface area is 150 Å². The zero-order valence-electron chi connectivity index (χ0n) is 13.7. The van der Waals surface area contributed by atoms with Gasteiger partial charge in [-0.25, -0.2) is 4.79 Å². The summed E-state index contributed by atoms with van der Waals surface area (Å²) in [6, 6.07) is 6.68. The van der Waals surface area contributed by atoms with E-state index in [9.17, 15) is 9.59 Å². The molecule has 1 N–H and O–H groups in total. The summed E-state index contributed by atoms with van der Waals surface area (Å²) in [4.78, 5) is 29.1. The normalized spacial score (nSPS) is 12.2. The standard InChI is InChI=1S/C17H19ClN2O3S/c1-10(2)16(17(22)23-3)20-15(21)9-24-14-6-7-19-13-8-11(18)4-5-12(13)14/h4-8,10,16H,9H2,1-3H3,(H,20,21)/t16-/m0/s1. The summed E-state index contributed by atoms with van der Waals surface area (Å²) < 4.78 is 4.72. The van der Waals surface area contributed by atoms with E-state index >= 15 is 0 Å². The zero-order chi connectivity index (χ0) is 17.7. The summed E-state index contributed by atoms with van der Waals surface area (Å²) in [5, 5.41) is 4.28. The van der Waals surface area contributed by atoms with Gasteiger partial charge in [0.15, 0.2) is 0 Å². The van der Waals surface area contributed by atoms with Crippen LogP contribution in [0.25, 0.3) is 10.9 Å². The van der Waals surface area contributed by atoms with Gasteiger partial charge in [-0.2, -0.15) is 0 Å². The number of methoxy groups -OCH3 is 1. The van der Waals surface area contributed by atoms with Crippen LogP contribution in [0.3, 0.4) is 0 Å². The van der Waals surface area contributed by atoms with Crippen LogP contribution in [-0.2, 0) is 14.3 Å². The number of hydrogen-bond acceptors (Lipinski definition) is 5. The second-order valence-electron chi connectivity index (χ2n) is 5.57. The lowest BCUT2D eigenvalue weighted by Crippen LogP contribution is -2.45. The number of ether oxygens (including phenoxy) is 1. The maximum atomic E-state index is 12.2. The first kappa shape index (κ1) is 18.5. The number of nitrogens with one attached hydrogen (secondary N) is 1. The molecule has 1 amide bonds. The van der Waals surface area contributed by atoms with Crippen molar-refractivity contribution < 1.29 is 14.3 Å². The molecule has 2 aromatic rings. The minimum absolute atomic E-state index is 0.0460. The predicted octanol–water partition coefficient (Wildman–Crippen LogP) is 3.29. The van der Waals surface area contributed by atoms with Gasteiger partial charge in [-0.05, 0) is 24.1 Å². The van der Waals surface area contributed by atoms with E-state index in [-0.39, 0.29) is 17.6 Å². The maximum absolute atomic E-state index is 12.2. The number of hydrogen-bond donors (Lipinski definition) is 1. The van der Waals surface area contributed by atoms with Gasteiger partial charge in [0.2, 0.25) is 5.91 Å². The minimum atomic E-state index is -0.643. The highest BCUT2D eigenvalue weighted by Gasteiger charge is 2.24. The Bertz CT molecular complexity index is 752. The molecular weight excluding hydrogens is 348 g/mol. The third-order valence-electron chi connectivity index (χ3n) is 3.46. The fourth-order valence-corrected chi connectivity index (χ4v) is 3.23. The van der Waals surface area contributed by atoms with Crippen LogP contribution >= 0.6 is 23.4 Å². The molecule has 0 radical (unpaired) electrons. The molecule has 1 aromatic carbocycles. The Balaban J connectivity index is 2.05. The fourth-order valence-electron chi connectivity index (χ4n) is 2.20. The van der Waals surface area contributed by atoms with Crippen molar-refractivity contribution >= 4 is 46.1 Å². The van der Waals surface area contributed by atoms with Gasteiger partial charge in [0.1, 0.15) is 6.04 Å². The first-order valence-corrected chi connectivity index (χ1v) is 8.83. The molecule has 1 atom stereocenters. The molecule has 0 saturated heterocycles. The number of amides is 1. The second kappa shape index (κ2) is 8.35. The van der Waals surface area contributed by atoms with Crippen LogP contribution in [0.15, 0.2) is 35.4 Å². The van der Waals surface area contributed by atoms with Crippen LogP contribution in [0.2, 0.25) is 5.02 Å². The van der Waals surface area contributed by atoms with Gasteiger partial charge in [0.25, 0.3) is 0 Å². The minimum Gasteiger partial charge on any atom is -0.467 e. The van der Waals surface area contributed by atoms with Gasteiger partial charge in [-0.1, -0.05) is 31.5 Å². The number of thioether (sulfide) groups is 1. The predicted molar refractivity (Wildman–Crippen MR) is 96.3 cm³/mol. The third-order valence-corrected chi connectivity index (χ3v) is 4.77. The van der Waals surface area contributed by atoms with E-state index in [2.05, 4.69) is 10.3 Å².